The molecule has 1 unspecified atom stereocenters. The van der Waals surface area contributed by atoms with Gasteiger partial charge in [0.05, 0.1) is 5.92 Å². The molecule has 6 nitrogen and oxygen atoms in total. The van der Waals surface area contributed by atoms with Gasteiger partial charge in [-0.1, -0.05) is 19.8 Å². The second kappa shape index (κ2) is 9.22. The molecule has 148 valence electrons. The molecule has 1 aromatic rings. The highest BCUT2D eigenvalue weighted by Gasteiger charge is 2.33. The molecule has 2 heterocycles. The van der Waals surface area contributed by atoms with E-state index in [1.807, 2.05) is 17.0 Å². The molecule has 1 N–H and O–H groups in total. The minimum absolute atomic E-state index is 0.0475. The summed E-state index contributed by atoms with van der Waals surface area (Å²) < 4.78 is 0. The van der Waals surface area contributed by atoms with Crippen LogP contribution in [0.15, 0.2) is 24.3 Å². The fraction of sp³-hybridized carbons (Fsp3) is 0.619. The van der Waals surface area contributed by atoms with Crippen LogP contribution in [0.25, 0.3) is 0 Å². The molecule has 3 rings (SSSR count). The van der Waals surface area contributed by atoms with E-state index in [1.54, 1.807) is 0 Å². The molecule has 6 heteroatoms. The Morgan fingerprint density at radius 3 is 2.48 bits per heavy atom. The predicted molar refractivity (Wildman–Crippen MR) is 109 cm³/mol. The number of nitrogens with zero attached hydrogens (tertiary/aromatic N) is 3. The number of likely N-dealkylation sites (N-methyl/N-ethyl adjacent to an activating group) is 1. The first-order valence-corrected chi connectivity index (χ1v) is 10.2. The van der Waals surface area contributed by atoms with Gasteiger partial charge in [-0.05, 0) is 37.7 Å². The molecule has 2 fully saturated rings. The zero-order valence-corrected chi connectivity index (χ0v) is 16.6. The summed E-state index contributed by atoms with van der Waals surface area (Å²) in [6.45, 7) is 7.67. The number of benzene rings is 1. The number of rotatable bonds is 7. The summed E-state index contributed by atoms with van der Waals surface area (Å²) in [6, 6.07) is 8.05. The summed E-state index contributed by atoms with van der Waals surface area (Å²) >= 11 is 0. The van der Waals surface area contributed by atoms with Gasteiger partial charge in [0.15, 0.2) is 0 Å². The van der Waals surface area contributed by atoms with E-state index >= 15 is 0 Å². The van der Waals surface area contributed by atoms with E-state index in [2.05, 4.69) is 41.2 Å². The molecule has 2 aliphatic heterocycles. The van der Waals surface area contributed by atoms with Gasteiger partial charge in [0.2, 0.25) is 11.8 Å². The number of unbranched alkanes of at least 4 members (excludes halogenated alkanes) is 2. The van der Waals surface area contributed by atoms with Crippen LogP contribution in [0.1, 0.15) is 32.6 Å². The summed E-state index contributed by atoms with van der Waals surface area (Å²) in [5, 5.41) is 2.98. The van der Waals surface area contributed by atoms with Crippen LogP contribution >= 0.6 is 0 Å². The van der Waals surface area contributed by atoms with Crippen LogP contribution in [0, 0.1) is 5.92 Å². The molecule has 0 spiro atoms. The monoisotopic (exact) mass is 372 g/mol. The fourth-order valence-electron chi connectivity index (χ4n) is 3.78. The number of hydrogen-bond donors (Lipinski definition) is 1. The third-order valence-corrected chi connectivity index (χ3v) is 5.62. The van der Waals surface area contributed by atoms with Crippen molar-refractivity contribution < 1.29 is 9.59 Å². The van der Waals surface area contributed by atoms with E-state index in [0.29, 0.717) is 13.0 Å². The normalized spacial score (nSPS) is 21.0. The molecule has 27 heavy (non-hydrogen) atoms. The van der Waals surface area contributed by atoms with Crippen molar-refractivity contribution in [2.45, 2.75) is 32.6 Å². The van der Waals surface area contributed by atoms with Gasteiger partial charge in [-0.25, -0.2) is 0 Å². The third kappa shape index (κ3) is 5.22. The van der Waals surface area contributed by atoms with Crippen molar-refractivity contribution in [3.63, 3.8) is 0 Å². The number of anilines is 2. The molecule has 2 amide bonds. The van der Waals surface area contributed by atoms with E-state index in [4.69, 9.17) is 0 Å². The zero-order chi connectivity index (χ0) is 19.2. The van der Waals surface area contributed by atoms with Gasteiger partial charge in [0, 0.05) is 57.1 Å². The Morgan fingerprint density at radius 1 is 1.11 bits per heavy atom. The maximum Gasteiger partial charge on any atom is 0.229 e. The lowest BCUT2D eigenvalue weighted by Gasteiger charge is -2.34. The zero-order valence-electron chi connectivity index (χ0n) is 16.6. The molecule has 2 aliphatic rings. The largest absolute Gasteiger partial charge is 0.369 e. The minimum Gasteiger partial charge on any atom is -0.369 e. The van der Waals surface area contributed by atoms with Gasteiger partial charge in [-0.15, -0.1) is 0 Å². The van der Waals surface area contributed by atoms with Crippen LogP contribution in [0.3, 0.4) is 0 Å². The van der Waals surface area contributed by atoms with Gasteiger partial charge in [-0.2, -0.15) is 0 Å². The summed E-state index contributed by atoms with van der Waals surface area (Å²) in [4.78, 5) is 31.2. The highest BCUT2D eigenvalue weighted by molar-refractivity contribution is 5.97. The van der Waals surface area contributed by atoms with Crippen molar-refractivity contribution >= 4 is 23.2 Å². The van der Waals surface area contributed by atoms with E-state index in [-0.39, 0.29) is 17.7 Å². The lowest BCUT2D eigenvalue weighted by atomic mass is 10.1. The number of hydrogen-bond acceptors (Lipinski definition) is 4. The Kier molecular flexibility index (Phi) is 6.72. The van der Waals surface area contributed by atoms with Crippen LogP contribution in [-0.2, 0) is 9.59 Å². The van der Waals surface area contributed by atoms with Crippen molar-refractivity contribution in [1.29, 1.82) is 0 Å². The Hall–Kier alpha value is -2.08. The average Bonchev–Trinajstić information content (AvgIpc) is 3.04. The van der Waals surface area contributed by atoms with Crippen LogP contribution < -0.4 is 10.2 Å². The van der Waals surface area contributed by atoms with Crippen molar-refractivity contribution in [2.24, 2.45) is 5.92 Å². The Labute approximate surface area is 162 Å². The first-order chi connectivity index (χ1) is 13.1. The van der Waals surface area contributed by atoms with Crippen LogP contribution in [0.2, 0.25) is 0 Å². The van der Waals surface area contributed by atoms with Gasteiger partial charge >= 0.3 is 0 Å². The lowest BCUT2D eigenvalue weighted by Crippen LogP contribution is -2.44. The van der Waals surface area contributed by atoms with Crippen LogP contribution in [0.5, 0.6) is 0 Å². The SMILES string of the molecule is CCCCCN1CC(C(=O)Nc2ccc(N3CCN(C)CC3)cc2)CC1=O. The number of amides is 2. The Morgan fingerprint density at radius 2 is 1.81 bits per heavy atom. The van der Waals surface area contributed by atoms with Crippen molar-refractivity contribution in [3.05, 3.63) is 24.3 Å². The van der Waals surface area contributed by atoms with E-state index in [0.717, 1.165) is 57.7 Å². The predicted octanol–water partition coefficient (Wildman–Crippen LogP) is 2.42. The van der Waals surface area contributed by atoms with Crippen LogP contribution in [-0.4, -0.2) is 67.9 Å². The van der Waals surface area contributed by atoms with Crippen LogP contribution in [0.4, 0.5) is 11.4 Å². The van der Waals surface area contributed by atoms with E-state index in [9.17, 15) is 9.59 Å². The molecule has 0 saturated carbocycles. The van der Waals surface area contributed by atoms with Crippen molar-refractivity contribution in [3.8, 4) is 0 Å². The topological polar surface area (TPSA) is 55.9 Å². The summed E-state index contributed by atoms with van der Waals surface area (Å²) in [5.74, 6) is -0.179. The van der Waals surface area contributed by atoms with Gasteiger partial charge in [0.25, 0.3) is 0 Å². The molecule has 0 aromatic heterocycles. The minimum atomic E-state index is -0.239. The summed E-state index contributed by atoms with van der Waals surface area (Å²) in [7, 11) is 2.15. The summed E-state index contributed by atoms with van der Waals surface area (Å²) in [5.41, 5.74) is 1.99. The number of piperazine rings is 1. The van der Waals surface area contributed by atoms with E-state index < -0.39 is 0 Å². The number of carbonyl (C=O) groups excluding carboxylic acids is 2. The molecule has 1 aromatic carbocycles. The third-order valence-electron chi connectivity index (χ3n) is 5.62. The molecule has 1 atom stereocenters. The quantitative estimate of drug-likeness (QED) is 0.747. The molecular formula is C21H32N4O2. The maximum absolute atomic E-state index is 12.6. The molecule has 2 saturated heterocycles. The maximum atomic E-state index is 12.6. The molecule has 0 aliphatic carbocycles. The first kappa shape index (κ1) is 19.7. The molecule has 0 bridgehead atoms. The van der Waals surface area contributed by atoms with Gasteiger partial charge < -0.3 is 20.0 Å². The van der Waals surface area contributed by atoms with E-state index in [1.165, 1.54) is 5.69 Å². The average molecular weight is 373 g/mol. The fourth-order valence-corrected chi connectivity index (χ4v) is 3.78. The molecule has 0 radical (unpaired) electrons. The second-order valence-corrected chi connectivity index (χ2v) is 7.77. The van der Waals surface area contributed by atoms with Gasteiger partial charge in [0.1, 0.15) is 0 Å². The van der Waals surface area contributed by atoms with Crippen molar-refractivity contribution in [2.75, 3.05) is 56.5 Å². The smallest absolute Gasteiger partial charge is 0.229 e. The number of carbonyl (C=O) groups is 2. The van der Waals surface area contributed by atoms with Crippen molar-refractivity contribution in [1.82, 2.24) is 9.80 Å². The Bertz CT molecular complexity index is 638. The highest BCUT2D eigenvalue weighted by atomic mass is 16.2. The standard InChI is InChI=1S/C21H32N4O2/c1-3-4-5-10-25-16-17(15-20(25)26)21(27)22-18-6-8-19(9-7-18)24-13-11-23(2)12-14-24/h6-9,17H,3-5,10-16H2,1-2H3,(H,22,27). The highest BCUT2D eigenvalue weighted by Crippen LogP contribution is 2.23. The number of nitrogens with one attached hydrogen (secondary N) is 1. The summed E-state index contributed by atoms with van der Waals surface area (Å²) in [6.07, 6.45) is 3.61. The second-order valence-electron chi connectivity index (χ2n) is 7.77. The lowest BCUT2D eigenvalue weighted by molar-refractivity contribution is -0.128. The number of likely N-dealkylation sites (tertiary alicyclic amines) is 1. The first-order valence-electron chi connectivity index (χ1n) is 10.2. The molecular weight excluding hydrogens is 340 g/mol. The van der Waals surface area contributed by atoms with Gasteiger partial charge in [-0.3, -0.25) is 9.59 Å². The Balaban J connectivity index is 1.50.